The van der Waals surface area contributed by atoms with E-state index in [1.54, 1.807) is 0 Å². The Morgan fingerprint density at radius 2 is 2.24 bits per heavy atom. The number of aliphatic carboxylic acids is 1. The van der Waals surface area contributed by atoms with Gasteiger partial charge < -0.3 is 25.6 Å². The van der Waals surface area contributed by atoms with Crippen LogP contribution in [-0.2, 0) is 9.53 Å². The van der Waals surface area contributed by atoms with E-state index in [1.807, 2.05) is 0 Å². The Bertz CT molecular complexity index is 265. The molecule has 7 nitrogen and oxygen atoms in total. The van der Waals surface area contributed by atoms with Gasteiger partial charge in [-0.05, 0) is 18.8 Å². The number of rotatable bonds is 5. The number of carbonyl (C=O) groups excluding carboxylic acids is 1. The van der Waals surface area contributed by atoms with E-state index < -0.39 is 24.6 Å². The van der Waals surface area contributed by atoms with Crippen molar-refractivity contribution in [3.05, 3.63) is 0 Å². The zero-order valence-corrected chi connectivity index (χ0v) is 9.52. The smallest absolute Gasteiger partial charge is 0.328 e. The molecule has 1 rings (SSSR count). The highest BCUT2D eigenvalue weighted by Crippen LogP contribution is 2.11. The number of urea groups is 1. The van der Waals surface area contributed by atoms with Gasteiger partial charge in [-0.15, -0.1) is 0 Å². The van der Waals surface area contributed by atoms with Crippen molar-refractivity contribution in [1.82, 2.24) is 10.6 Å². The van der Waals surface area contributed by atoms with E-state index in [2.05, 4.69) is 10.6 Å². The molecule has 98 valence electrons. The maximum absolute atomic E-state index is 11.3. The van der Waals surface area contributed by atoms with Crippen LogP contribution in [0.5, 0.6) is 0 Å². The van der Waals surface area contributed by atoms with E-state index in [0.29, 0.717) is 13.2 Å². The van der Waals surface area contributed by atoms with Gasteiger partial charge in [-0.2, -0.15) is 0 Å². The Morgan fingerprint density at radius 3 is 2.76 bits per heavy atom. The third-order valence-corrected chi connectivity index (χ3v) is 2.59. The van der Waals surface area contributed by atoms with Crippen molar-refractivity contribution < 1.29 is 24.5 Å². The zero-order valence-electron chi connectivity index (χ0n) is 9.52. The molecule has 0 spiro atoms. The van der Waals surface area contributed by atoms with Gasteiger partial charge in [0.2, 0.25) is 0 Å². The highest BCUT2D eigenvalue weighted by molar-refractivity contribution is 5.82. The monoisotopic (exact) mass is 246 g/mol. The molecule has 0 aliphatic carbocycles. The zero-order chi connectivity index (χ0) is 12.7. The average Bonchev–Trinajstić information content (AvgIpc) is 2.34. The molecule has 1 saturated heterocycles. The molecule has 4 N–H and O–H groups in total. The number of hydrogen-bond donors (Lipinski definition) is 4. The van der Waals surface area contributed by atoms with Crippen LogP contribution in [0.15, 0.2) is 0 Å². The van der Waals surface area contributed by atoms with E-state index in [9.17, 15) is 9.59 Å². The number of carboxylic acids is 1. The van der Waals surface area contributed by atoms with Crippen molar-refractivity contribution in [3.63, 3.8) is 0 Å². The summed E-state index contributed by atoms with van der Waals surface area (Å²) in [5.74, 6) is -0.990. The molecule has 2 amide bonds. The van der Waals surface area contributed by atoms with Crippen molar-refractivity contribution in [1.29, 1.82) is 0 Å². The highest BCUT2D eigenvalue weighted by atomic mass is 16.5. The van der Waals surface area contributed by atoms with Crippen LogP contribution >= 0.6 is 0 Å². The third kappa shape index (κ3) is 5.01. The first kappa shape index (κ1) is 13.7. The topological polar surface area (TPSA) is 108 Å². The lowest BCUT2D eigenvalue weighted by Gasteiger charge is -2.22. The third-order valence-electron chi connectivity index (χ3n) is 2.59. The SMILES string of the molecule is O=C(NCC1CCCOC1)N[C@H](CO)C(=O)O. The predicted octanol–water partition coefficient (Wildman–Crippen LogP) is -0.842. The maximum atomic E-state index is 11.3. The molecular weight excluding hydrogens is 228 g/mol. The number of nitrogens with one attached hydrogen (secondary N) is 2. The number of carboxylic acid groups (broad SMARTS) is 1. The molecule has 1 fully saturated rings. The van der Waals surface area contributed by atoms with Gasteiger partial charge >= 0.3 is 12.0 Å². The number of ether oxygens (including phenoxy) is 1. The van der Waals surface area contributed by atoms with Crippen LogP contribution < -0.4 is 10.6 Å². The van der Waals surface area contributed by atoms with E-state index in [1.165, 1.54) is 0 Å². The first-order valence-corrected chi connectivity index (χ1v) is 5.59. The molecule has 0 aromatic rings. The first-order valence-electron chi connectivity index (χ1n) is 5.59. The van der Waals surface area contributed by atoms with Crippen molar-refractivity contribution in [2.75, 3.05) is 26.4 Å². The summed E-state index contributed by atoms with van der Waals surface area (Å²) < 4.78 is 5.25. The van der Waals surface area contributed by atoms with Crippen LogP contribution in [0.25, 0.3) is 0 Å². The number of hydrogen-bond acceptors (Lipinski definition) is 4. The number of aliphatic hydroxyl groups is 1. The van der Waals surface area contributed by atoms with Crippen molar-refractivity contribution in [2.24, 2.45) is 5.92 Å². The summed E-state index contributed by atoms with van der Waals surface area (Å²) in [4.78, 5) is 21.9. The van der Waals surface area contributed by atoms with Crippen LogP contribution in [0.3, 0.4) is 0 Å². The van der Waals surface area contributed by atoms with Gasteiger partial charge in [0, 0.05) is 13.2 Å². The minimum Gasteiger partial charge on any atom is -0.480 e. The molecule has 0 radical (unpaired) electrons. The minimum absolute atomic E-state index is 0.270. The standard InChI is InChI=1S/C10H18N2O5/c13-5-8(9(14)15)12-10(16)11-4-7-2-1-3-17-6-7/h7-8,13H,1-6H2,(H,14,15)(H2,11,12,16)/t7?,8-/m1/s1. The quantitative estimate of drug-likeness (QED) is 0.506. The summed E-state index contributed by atoms with van der Waals surface area (Å²) in [7, 11) is 0. The Morgan fingerprint density at radius 1 is 1.47 bits per heavy atom. The molecule has 0 saturated carbocycles. The Labute approximate surface area is 99.1 Å². The number of amides is 2. The summed E-state index contributed by atoms with van der Waals surface area (Å²) in [6, 6.07) is -1.85. The Kier molecular flexibility index (Phi) is 5.71. The van der Waals surface area contributed by atoms with E-state index >= 15 is 0 Å². The van der Waals surface area contributed by atoms with Crippen LogP contribution in [0.4, 0.5) is 4.79 Å². The van der Waals surface area contributed by atoms with Gasteiger partial charge in [-0.1, -0.05) is 0 Å². The van der Waals surface area contributed by atoms with E-state index in [-0.39, 0.29) is 5.92 Å². The lowest BCUT2D eigenvalue weighted by atomic mass is 10.0. The molecular formula is C10H18N2O5. The molecule has 0 bridgehead atoms. The van der Waals surface area contributed by atoms with Gasteiger partial charge in [0.15, 0.2) is 6.04 Å². The first-order chi connectivity index (χ1) is 8.13. The molecule has 1 heterocycles. The molecule has 17 heavy (non-hydrogen) atoms. The summed E-state index contributed by atoms with van der Waals surface area (Å²) in [6.45, 7) is 1.19. The van der Waals surface area contributed by atoms with Crippen LogP contribution in [0.1, 0.15) is 12.8 Å². The Balaban J connectivity index is 2.21. The lowest BCUT2D eigenvalue weighted by Crippen LogP contribution is -2.49. The highest BCUT2D eigenvalue weighted by Gasteiger charge is 2.19. The molecule has 1 aliphatic rings. The molecule has 0 aromatic heterocycles. The van der Waals surface area contributed by atoms with Gasteiger partial charge in [-0.3, -0.25) is 0 Å². The fourth-order valence-electron chi connectivity index (χ4n) is 1.60. The maximum Gasteiger partial charge on any atom is 0.328 e. The average molecular weight is 246 g/mol. The van der Waals surface area contributed by atoms with E-state index in [4.69, 9.17) is 14.9 Å². The predicted molar refractivity (Wildman–Crippen MR) is 58.6 cm³/mol. The summed E-state index contributed by atoms with van der Waals surface area (Å²) in [5, 5.41) is 22.1. The van der Waals surface area contributed by atoms with E-state index in [0.717, 1.165) is 19.4 Å². The number of carbonyl (C=O) groups is 2. The lowest BCUT2D eigenvalue weighted by molar-refractivity contribution is -0.140. The summed E-state index contributed by atoms with van der Waals surface area (Å²) in [5.41, 5.74) is 0. The van der Waals surface area contributed by atoms with Gasteiger partial charge in [-0.25, -0.2) is 9.59 Å². The normalized spacial score (nSPS) is 21.6. The van der Waals surface area contributed by atoms with Crippen LogP contribution in [0, 0.1) is 5.92 Å². The van der Waals surface area contributed by atoms with Gasteiger partial charge in [0.1, 0.15) is 0 Å². The Hall–Kier alpha value is -1.34. The molecule has 1 aliphatic heterocycles. The van der Waals surface area contributed by atoms with Gasteiger partial charge in [0.05, 0.1) is 13.2 Å². The molecule has 2 atom stereocenters. The molecule has 1 unspecified atom stereocenters. The second-order valence-corrected chi connectivity index (χ2v) is 4.01. The fourth-order valence-corrected chi connectivity index (χ4v) is 1.60. The van der Waals surface area contributed by atoms with Gasteiger partial charge in [0.25, 0.3) is 0 Å². The second-order valence-electron chi connectivity index (χ2n) is 4.01. The molecule has 7 heteroatoms. The second kappa shape index (κ2) is 7.08. The fraction of sp³-hybridized carbons (Fsp3) is 0.800. The summed E-state index contributed by atoms with van der Waals surface area (Å²) >= 11 is 0. The van der Waals surface area contributed by atoms with Crippen molar-refractivity contribution in [3.8, 4) is 0 Å². The number of aliphatic hydroxyl groups excluding tert-OH is 1. The largest absolute Gasteiger partial charge is 0.480 e. The minimum atomic E-state index is -1.27. The van der Waals surface area contributed by atoms with Crippen molar-refractivity contribution in [2.45, 2.75) is 18.9 Å². The summed E-state index contributed by atoms with van der Waals surface area (Å²) in [6.07, 6.45) is 1.96. The van der Waals surface area contributed by atoms with Crippen LogP contribution in [-0.4, -0.2) is 54.6 Å². The molecule has 0 aromatic carbocycles. The van der Waals surface area contributed by atoms with Crippen LogP contribution in [0.2, 0.25) is 0 Å². The van der Waals surface area contributed by atoms with Crippen molar-refractivity contribution >= 4 is 12.0 Å².